The lowest BCUT2D eigenvalue weighted by Crippen LogP contribution is -2.30. The Morgan fingerprint density at radius 1 is 1.46 bits per heavy atom. The Morgan fingerprint density at radius 2 is 2.00 bits per heavy atom. The lowest BCUT2D eigenvalue weighted by atomic mass is 9.94. The fourth-order valence-electron chi connectivity index (χ4n) is 1.20. The molecule has 0 aromatic heterocycles. The lowest BCUT2D eigenvalue weighted by molar-refractivity contribution is 0.120. The Bertz CT molecular complexity index is 109. The molecule has 0 radical (unpaired) electrons. The van der Waals surface area contributed by atoms with E-state index >= 15 is 0 Å². The van der Waals surface area contributed by atoms with Gasteiger partial charge in [-0.1, -0.05) is 6.92 Å². The van der Waals surface area contributed by atoms with Crippen LogP contribution in [0.3, 0.4) is 0 Å². The van der Waals surface area contributed by atoms with Crippen LogP contribution >= 0.6 is 0 Å². The summed E-state index contributed by atoms with van der Waals surface area (Å²) in [5, 5.41) is 17.4. The lowest BCUT2D eigenvalue weighted by Gasteiger charge is -2.21. The first-order valence-corrected chi connectivity index (χ1v) is 5.18. The SMILES string of the molecule is CC[C@@H](C)O.NC1CCCC(O)C1. The summed E-state index contributed by atoms with van der Waals surface area (Å²) in [6.07, 6.45) is 4.58. The number of aliphatic hydroxyl groups excluding tert-OH is 2. The minimum atomic E-state index is -0.116. The van der Waals surface area contributed by atoms with Gasteiger partial charge in [-0.3, -0.25) is 0 Å². The predicted molar refractivity (Wildman–Crippen MR) is 54.4 cm³/mol. The molecule has 1 aliphatic rings. The Labute approximate surface area is 81.0 Å². The monoisotopic (exact) mass is 189 g/mol. The van der Waals surface area contributed by atoms with Gasteiger partial charge < -0.3 is 15.9 Å². The largest absolute Gasteiger partial charge is 0.393 e. The van der Waals surface area contributed by atoms with E-state index in [2.05, 4.69) is 0 Å². The highest BCUT2D eigenvalue weighted by atomic mass is 16.3. The molecule has 2 unspecified atom stereocenters. The molecule has 0 spiro atoms. The van der Waals surface area contributed by atoms with Crippen LogP contribution in [0.5, 0.6) is 0 Å². The van der Waals surface area contributed by atoms with Crippen LogP contribution in [0.2, 0.25) is 0 Å². The molecule has 4 N–H and O–H groups in total. The van der Waals surface area contributed by atoms with Gasteiger partial charge >= 0.3 is 0 Å². The van der Waals surface area contributed by atoms with Gasteiger partial charge in [0.2, 0.25) is 0 Å². The van der Waals surface area contributed by atoms with Gasteiger partial charge in [-0.25, -0.2) is 0 Å². The standard InChI is InChI=1S/C6H13NO.C4H10O/c7-5-2-1-3-6(8)4-5;1-3-4(2)5/h5-6,8H,1-4,7H2;4-5H,3H2,1-2H3/t;4-/m.1/s1. The number of hydrogen-bond acceptors (Lipinski definition) is 3. The third-order valence-electron chi connectivity index (χ3n) is 2.28. The average molecular weight is 189 g/mol. The van der Waals surface area contributed by atoms with Crippen LogP contribution in [-0.2, 0) is 0 Å². The first kappa shape index (κ1) is 12.9. The molecular formula is C10H23NO2. The second kappa shape index (κ2) is 7.30. The van der Waals surface area contributed by atoms with Crippen molar-refractivity contribution in [1.29, 1.82) is 0 Å². The Kier molecular flexibility index (Phi) is 7.23. The van der Waals surface area contributed by atoms with Crippen molar-refractivity contribution in [2.24, 2.45) is 5.73 Å². The molecule has 3 heteroatoms. The second-order valence-electron chi connectivity index (χ2n) is 3.84. The summed E-state index contributed by atoms with van der Waals surface area (Å²) in [5.74, 6) is 0. The topological polar surface area (TPSA) is 66.5 Å². The van der Waals surface area contributed by atoms with Gasteiger partial charge in [0.15, 0.2) is 0 Å². The fraction of sp³-hybridized carbons (Fsp3) is 1.00. The van der Waals surface area contributed by atoms with Gasteiger partial charge in [0.25, 0.3) is 0 Å². The normalized spacial score (nSPS) is 30.2. The zero-order chi connectivity index (χ0) is 10.3. The molecule has 0 heterocycles. The minimum Gasteiger partial charge on any atom is -0.393 e. The predicted octanol–water partition coefficient (Wildman–Crippen LogP) is 1.03. The van der Waals surface area contributed by atoms with Crippen LogP contribution < -0.4 is 5.73 Å². The second-order valence-corrected chi connectivity index (χ2v) is 3.84. The van der Waals surface area contributed by atoms with Gasteiger partial charge in [-0.15, -0.1) is 0 Å². The van der Waals surface area contributed by atoms with E-state index in [1.54, 1.807) is 6.92 Å². The highest BCUT2D eigenvalue weighted by Gasteiger charge is 2.15. The quantitative estimate of drug-likeness (QED) is 0.577. The van der Waals surface area contributed by atoms with Gasteiger partial charge in [-0.2, -0.15) is 0 Å². The van der Waals surface area contributed by atoms with Crippen LogP contribution in [0.1, 0.15) is 46.0 Å². The van der Waals surface area contributed by atoms with Gasteiger partial charge in [0, 0.05) is 6.04 Å². The summed E-state index contributed by atoms with van der Waals surface area (Å²) in [5.41, 5.74) is 5.57. The van der Waals surface area contributed by atoms with Crippen LogP contribution in [0.25, 0.3) is 0 Å². The summed E-state index contributed by atoms with van der Waals surface area (Å²) in [6, 6.07) is 0.263. The van der Waals surface area contributed by atoms with Crippen molar-refractivity contribution < 1.29 is 10.2 Å². The molecule has 0 amide bonds. The summed E-state index contributed by atoms with van der Waals surface area (Å²) >= 11 is 0. The number of hydrogen-bond donors (Lipinski definition) is 3. The average Bonchev–Trinajstić information content (AvgIpc) is 2.05. The fourth-order valence-corrected chi connectivity index (χ4v) is 1.20. The third-order valence-corrected chi connectivity index (χ3v) is 2.28. The molecule has 1 saturated carbocycles. The van der Waals surface area contributed by atoms with Crippen molar-refractivity contribution >= 4 is 0 Å². The van der Waals surface area contributed by atoms with Crippen molar-refractivity contribution in [3.8, 4) is 0 Å². The molecule has 1 aliphatic carbocycles. The number of nitrogens with two attached hydrogens (primary N) is 1. The maximum atomic E-state index is 9.00. The van der Waals surface area contributed by atoms with E-state index < -0.39 is 0 Å². The maximum Gasteiger partial charge on any atom is 0.0555 e. The molecule has 0 aromatic carbocycles. The van der Waals surface area contributed by atoms with E-state index in [0.717, 1.165) is 32.1 Å². The van der Waals surface area contributed by atoms with Crippen LogP contribution in [0, 0.1) is 0 Å². The summed E-state index contributed by atoms with van der Waals surface area (Å²) in [6.45, 7) is 3.73. The molecule has 0 saturated heterocycles. The zero-order valence-electron chi connectivity index (χ0n) is 8.74. The van der Waals surface area contributed by atoms with Crippen molar-refractivity contribution in [2.45, 2.75) is 64.2 Å². The molecule has 13 heavy (non-hydrogen) atoms. The van der Waals surface area contributed by atoms with E-state index in [-0.39, 0.29) is 18.2 Å². The molecule has 0 aromatic rings. The molecule has 3 atom stereocenters. The molecule has 1 rings (SSSR count). The summed E-state index contributed by atoms with van der Waals surface area (Å²) in [7, 11) is 0. The minimum absolute atomic E-state index is 0.112. The smallest absolute Gasteiger partial charge is 0.0555 e. The molecule has 1 fully saturated rings. The molecule has 3 nitrogen and oxygen atoms in total. The number of rotatable bonds is 1. The van der Waals surface area contributed by atoms with Crippen molar-refractivity contribution in [3.63, 3.8) is 0 Å². The van der Waals surface area contributed by atoms with Gasteiger partial charge in [0.1, 0.15) is 0 Å². The highest BCUT2D eigenvalue weighted by Crippen LogP contribution is 2.15. The highest BCUT2D eigenvalue weighted by molar-refractivity contribution is 4.73. The Morgan fingerprint density at radius 3 is 2.23 bits per heavy atom. The molecule has 0 bridgehead atoms. The van der Waals surface area contributed by atoms with Crippen molar-refractivity contribution in [2.75, 3.05) is 0 Å². The van der Waals surface area contributed by atoms with Crippen molar-refractivity contribution in [3.05, 3.63) is 0 Å². The maximum absolute atomic E-state index is 9.00. The van der Waals surface area contributed by atoms with E-state index in [1.165, 1.54) is 0 Å². The van der Waals surface area contributed by atoms with E-state index in [1.807, 2.05) is 6.92 Å². The molecular weight excluding hydrogens is 166 g/mol. The summed E-state index contributed by atoms with van der Waals surface area (Å²) in [4.78, 5) is 0. The van der Waals surface area contributed by atoms with E-state index in [0.29, 0.717) is 0 Å². The zero-order valence-corrected chi connectivity index (χ0v) is 8.74. The first-order valence-electron chi connectivity index (χ1n) is 5.18. The van der Waals surface area contributed by atoms with Crippen LogP contribution in [0.4, 0.5) is 0 Å². The Balaban J connectivity index is 0.000000252. The van der Waals surface area contributed by atoms with Crippen LogP contribution in [0.15, 0.2) is 0 Å². The number of aliphatic hydroxyl groups is 2. The van der Waals surface area contributed by atoms with Crippen LogP contribution in [-0.4, -0.2) is 28.5 Å². The third kappa shape index (κ3) is 8.22. The first-order chi connectivity index (χ1) is 6.06. The molecule has 0 aliphatic heterocycles. The van der Waals surface area contributed by atoms with Crippen molar-refractivity contribution in [1.82, 2.24) is 0 Å². The van der Waals surface area contributed by atoms with Gasteiger partial charge in [0.05, 0.1) is 12.2 Å². The Hall–Kier alpha value is -0.120. The van der Waals surface area contributed by atoms with E-state index in [9.17, 15) is 0 Å². The summed E-state index contributed by atoms with van der Waals surface area (Å²) < 4.78 is 0. The van der Waals surface area contributed by atoms with E-state index in [4.69, 9.17) is 15.9 Å². The van der Waals surface area contributed by atoms with Gasteiger partial charge in [-0.05, 0) is 39.0 Å². The molecule has 80 valence electrons.